The zero-order valence-corrected chi connectivity index (χ0v) is 12.5. The van der Waals surface area contributed by atoms with Gasteiger partial charge in [-0.1, -0.05) is 12.5 Å². The van der Waals surface area contributed by atoms with E-state index in [9.17, 15) is 9.18 Å². The minimum absolute atomic E-state index is 0.00590. The molecule has 114 valence electrons. The number of imidazole rings is 1. The quantitative estimate of drug-likeness (QED) is 0.855. The molecule has 0 saturated heterocycles. The zero-order chi connectivity index (χ0) is 15.3. The monoisotopic (exact) mass is 299 g/mol. The van der Waals surface area contributed by atoms with Crippen LogP contribution in [0.15, 0.2) is 36.9 Å². The predicted molar refractivity (Wildman–Crippen MR) is 81.2 cm³/mol. The number of aromatic nitrogens is 2. The number of fused-ring (bicyclic) bond motifs is 2. The average Bonchev–Trinajstić information content (AvgIpc) is 3.11. The molecule has 1 aliphatic heterocycles. The number of nitrogens with zero attached hydrogens (tertiary/aromatic N) is 3. The van der Waals surface area contributed by atoms with Gasteiger partial charge in [0.1, 0.15) is 11.9 Å². The second-order valence-corrected chi connectivity index (χ2v) is 6.38. The van der Waals surface area contributed by atoms with Crippen molar-refractivity contribution in [2.45, 2.75) is 37.6 Å². The maximum absolute atomic E-state index is 14.4. The van der Waals surface area contributed by atoms with Crippen LogP contribution in [0.5, 0.6) is 0 Å². The molecule has 2 heterocycles. The fraction of sp³-hybridized carbons (Fsp3) is 0.412. The summed E-state index contributed by atoms with van der Waals surface area (Å²) in [6.45, 7) is 2.45. The summed E-state index contributed by atoms with van der Waals surface area (Å²) in [7, 11) is 0. The molecule has 1 aromatic carbocycles. The fourth-order valence-corrected chi connectivity index (χ4v) is 3.79. The molecule has 0 bridgehead atoms. The highest BCUT2D eigenvalue weighted by molar-refractivity contribution is 5.98. The van der Waals surface area contributed by atoms with E-state index in [1.54, 1.807) is 34.3 Å². The Balaban J connectivity index is 1.73. The first-order chi connectivity index (χ1) is 10.6. The summed E-state index contributed by atoms with van der Waals surface area (Å²) in [4.78, 5) is 18.7. The van der Waals surface area contributed by atoms with Crippen LogP contribution >= 0.6 is 0 Å². The maximum atomic E-state index is 14.4. The molecule has 0 N–H and O–H groups in total. The second kappa shape index (κ2) is 4.66. The van der Waals surface area contributed by atoms with Crippen LogP contribution in [0.1, 0.15) is 37.8 Å². The molecule has 0 radical (unpaired) electrons. The molecule has 1 fully saturated rings. The van der Waals surface area contributed by atoms with Crippen molar-refractivity contribution in [1.29, 1.82) is 0 Å². The van der Waals surface area contributed by atoms with Crippen LogP contribution in [0.2, 0.25) is 0 Å². The number of carbonyl (C=O) groups is 1. The normalized spacial score (nSPS) is 19.8. The van der Waals surface area contributed by atoms with Gasteiger partial charge in [0.25, 0.3) is 0 Å². The van der Waals surface area contributed by atoms with Crippen LogP contribution in [0.25, 0.3) is 0 Å². The third kappa shape index (κ3) is 1.74. The maximum Gasteiger partial charge on any atom is 0.249 e. The molecule has 1 amide bonds. The third-order valence-corrected chi connectivity index (χ3v) is 5.18. The molecule has 4 rings (SSSR count). The Morgan fingerprint density at radius 1 is 1.41 bits per heavy atom. The Labute approximate surface area is 128 Å². The van der Waals surface area contributed by atoms with E-state index in [4.69, 9.17) is 0 Å². The van der Waals surface area contributed by atoms with Gasteiger partial charge in [0.2, 0.25) is 5.91 Å². The summed E-state index contributed by atoms with van der Waals surface area (Å²) in [5, 5.41) is 0. The average molecular weight is 299 g/mol. The van der Waals surface area contributed by atoms with Crippen LogP contribution < -0.4 is 4.90 Å². The summed E-state index contributed by atoms with van der Waals surface area (Å²) in [5.74, 6) is -0.184. The first-order valence-corrected chi connectivity index (χ1v) is 7.70. The largest absolute Gasteiger partial charge is 0.325 e. The van der Waals surface area contributed by atoms with Gasteiger partial charge in [0.05, 0.1) is 12.0 Å². The first kappa shape index (κ1) is 13.5. The topological polar surface area (TPSA) is 38.1 Å². The highest BCUT2D eigenvalue weighted by Gasteiger charge is 2.50. The van der Waals surface area contributed by atoms with E-state index in [0.29, 0.717) is 6.54 Å². The van der Waals surface area contributed by atoms with E-state index >= 15 is 0 Å². The van der Waals surface area contributed by atoms with Crippen molar-refractivity contribution in [3.8, 4) is 0 Å². The molecule has 2 aromatic rings. The van der Waals surface area contributed by atoms with Crippen molar-refractivity contribution in [2.24, 2.45) is 0 Å². The van der Waals surface area contributed by atoms with Gasteiger partial charge >= 0.3 is 0 Å². The highest BCUT2D eigenvalue weighted by Crippen LogP contribution is 2.53. The highest BCUT2D eigenvalue weighted by atomic mass is 19.1. The van der Waals surface area contributed by atoms with Crippen molar-refractivity contribution in [2.75, 3.05) is 11.4 Å². The molecule has 1 aromatic heterocycles. The Hall–Kier alpha value is -2.17. The lowest BCUT2D eigenvalue weighted by Crippen LogP contribution is -2.43. The van der Waals surface area contributed by atoms with E-state index in [1.165, 1.54) is 6.07 Å². The van der Waals surface area contributed by atoms with E-state index in [2.05, 4.69) is 4.98 Å². The smallest absolute Gasteiger partial charge is 0.249 e. The number of rotatable bonds is 2. The van der Waals surface area contributed by atoms with E-state index < -0.39 is 0 Å². The molecular formula is C17H18FN3O. The number of amides is 1. The number of hydrogen-bond donors (Lipinski definition) is 0. The molecule has 1 aliphatic carbocycles. The molecule has 1 atom stereocenters. The second-order valence-electron chi connectivity index (χ2n) is 6.38. The van der Waals surface area contributed by atoms with Gasteiger partial charge in [0.15, 0.2) is 0 Å². The Morgan fingerprint density at radius 3 is 2.86 bits per heavy atom. The minimum atomic E-state index is -0.339. The molecule has 2 aliphatic rings. The minimum Gasteiger partial charge on any atom is -0.325 e. The molecule has 5 heteroatoms. The summed E-state index contributed by atoms with van der Waals surface area (Å²) >= 11 is 0. The lowest BCUT2D eigenvalue weighted by Gasteiger charge is -2.39. The van der Waals surface area contributed by atoms with Gasteiger partial charge in [-0.05, 0) is 31.9 Å². The van der Waals surface area contributed by atoms with Crippen molar-refractivity contribution < 1.29 is 9.18 Å². The molecule has 1 spiro atoms. The van der Waals surface area contributed by atoms with Crippen LogP contribution in [-0.4, -0.2) is 22.0 Å². The number of halogens is 1. The SMILES string of the molecule is CC(C(=O)N1CC2(CCC2)c2c(F)cccc21)n1ccnc1. The Morgan fingerprint density at radius 2 is 2.23 bits per heavy atom. The lowest BCUT2D eigenvalue weighted by molar-refractivity contribution is -0.121. The summed E-state index contributed by atoms with van der Waals surface area (Å²) in [6, 6.07) is 4.72. The summed E-state index contributed by atoms with van der Waals surface area (Å²) in [5.41, 5.74) is 1.33. The predicted octanol–water partition coefficient (Wildman–Crippen LogP) is 3.05. The van der Waals surface area contributed by atoms with Gasteiger partial charge in [-0.2, -0.15) is 0 Å². The Kier molecular flexibility index (Phi) is 2.86. The van der Waals surface area contributed by atoms with E-state index in [1.807, 2.05) is 13.0 Å². The number of carbonyl (C=O) groups excluding carboxylic acids is 1. The Bertz CT molecular complexity index is 722. The van der Waals surface area contributed by atoms with Crippen molar-refractivity contribution in [3.63, 3.8) is 0 Å². The van der Waals surface area contributed by atoms with E-state index in [-0.39, 0.29) is 23.2 Å². The fourth-order valence-electron chi connectivity index (χ4n) is 3.79. The van der Waals surface area contributed by atoms with Gasteiger partial charge in [0, 0.05) is 29.9 Å². The molecule has 4 nitrogen and oxygen atoms in total. The van der Waals surface area contributed by atoms with Crippen LogP contribution in [0.3, 0.4) is 0 Å². The van der Waals surface area contributed by atoms with Crippen molar-refractivity contribution in [1.82, 2.24) is 9.55 Å². The van der Waals surface area contributed by atoms with Crippen molar-refractivity contribution >= 4 is 11.6 Å². The lowest BCUT2D eigenvalue weighted by atomic mass is 9.65. The van der Waals surface area contributed by atoms with Gasteiger partial charge in [-0.15, -0.1) is 0 Å². The zero-order valence-electron chi connectivity index (χ0n) is 12.5. The standard InChI is InChI=1S/C17H18FN3O/c1-12(20-9-8-19-11-20)16(22)21-10-17(6-3-7-17)15-13(18)4-2-5-14(15)21/h2,4-5,8-9,11-12H,3,6-7,10H2,1H3. The van der Waals surface area contributed by atoms with Crippen molar-refractivity contribution in [3.05, 3.63) is 48.3 Å². The summed E-state index contributed by atoms with van der Waals surface area (Å²) < 4.78 is 16.1. The first-order valence-electron chi connectivity index (χ1n) is 7.70. The van der Waals surface area contributed by atoms with Crippen LogP contribution in [0.4, 0.5) is 10.1 Å². The van der Waals surface area contributed by atoms with Gasteiger partial charge in [-0.25, -0.2) is 9.37 Å². The third-order valence-electron chi connectivity index (χ3n) is 5.18. The molecule has 1 saturated carbocycles. The number of anilines is 1. The molecular weight excluding hydrogens is 281 g/mol. The molecule has 1 unspecified atom stereocenters. The van der Waals surface area contributed by atoms with Crippen LogP contribution in [-0.2, 0) is 10.2 Å². The summed E-state index contributed by atoms with van der Waals surface area (Å²) in [6.07, 6.45) is 8.12. The molecule has 22 heavy (non-hydrogen) atoms. The number of benzene rings is 1. The van der Waals surface area contributed by atoms with E-state index in [0.717, 1.165) is 30.5 Å². The van der Waals surface area contributed by atoms with Gasteiger partial charge < -0.3 is 9.47 Å². The van der Waals surface area contributed by atoms with Gasteiger partial charge in [-0.3, -0.25) is 4.79 Å². The van der Waals surface area contributed by atoms with Crippen LogP contribution in [0, 0.1) is 5.82 Å². The number of hydrogen-bond acceptors (Lipinski definition) is 2.